The number of fused-ring (bicyclic) bond motifs is 1. The van der Waals surface area contributed by atoms with Crippen molar-refractivity contribution < 1.29 is 9.59 Å². The number of nitrogens with one attached hydrogen (secondary N) is 2. The van der Waals surface area contributed by atoms with E-state index in [2.05, 4.69) is 15.6 Å². The molecule has 5 nitrogen and oxygen atoms in total. The van der Waals surface area contributed by atoms with Crippen molar-refractivity contribution in [2.75, 3.05) is 11.9 Å². The average Bonchev–Trinajstić information content (AvgIpc) is 2.78. The second-order valence-corrected chi connectivity index (χ2v) is 6.20. The van der Waals surface area contributed by atoms with Crippen LogP contribution in [0, 0.1) is 0 Å². The van der Waals surface area contributed by atoms with Gasteiger partial charge in [-0.25, -0.2) is 0 Å². The summed E-state index contributed by atoms with van der Waals surface area (Å²) >= 11 is 0. The van der Waals surface area contributed by atoms with Gasteiger partial charge in [0, 0.05) is 30.2 Å². The summed E-state index contributed by atoms with van der Waals surface area (Å²) in [5.41, 5.74) is 3.09. The zero-order chi connectivity index (χ0) is 16.4. The molecule has 24 heavy (non-hydrogen) atoms. The first-order valence-corrected chi connectivity index (χ1v) is 7.61. The van der Waals surface area contributed by atoms with Gasteiger partial charge < -0.3 is 10.6 Å². The number of pyridine rings is 1. The van der Waals surface area contributed by atoms with Gasteiger partial charge in [-0.1, -0.05) is 12.1 Å². The van der Waals surface area contributed by atoms with Crippen molar-refractivity contribution in [3.05, 3.63) is 59.4 Å². The van der Waals surface area contributed by atoms with Gasteiger partial charge in [0.2, 0.25) is 5.91 Å². The number of carbonyl (C=O) groups is 2. The number of rotatable bonds is 4. The predicted octanol–water partition coefficient (Wildman–Crippen LogP) is 2.71. The second kappa shape index (κ2) is 7.01. The van der Waals surface area contributed by atoms with Crippen molar-refractivity contribution in [1.29, 1.82) is 0 Å². The van der Waals surface area contributed by atoms with Crippen LogP contribution in [0.4, 0.5) is 5.69 Å². The Morgan fingerprint density at radius 2 is 1.92 bits per heavy atom. The Morgan fingerprint density at radius 1 is 1.21 bits per heavy atom. The maximum absolute atomic E-state index is 12.0. The van der Waals surface area contributed by atoms with E-state index in [4.69, 9.17) is 0 Å². The largest absolute Gasteiger partial charge is 0.352 e. The van der Waals surface area contributed by atoms with E-state index in [0.717, 1.165) is 16.8 Å². The van der Waals surface area contributed by atoms with Crippen LogP contribution in [0.2, 0.25) is 0 Å². The van der Waals surface area contributed by atoms with Crippen molar-refractivity contribution in [1.82, 2.24) is 10.3 Å². The van der Waals surface area contributed by atoms with E-state index in [1.165, 1.54) is 0 Å². The number of carbonyl (C=O) groups excluding carboxylic acids is 2. The van der Waals surface area contributed by atoms with Crippen LogP contribution in [0.15, 0.2) is 42.7 Å². The number of halogens is 1. The first-order valence-electron chi connectivity index (χ1n) is 7.61. The molecule has 0 saturated carbocycles. The summed E-state index contributed by atoms with van der Waals surface area (Å²) < 4.78 is 0. The molecule has 1 aromatic carbocycles. The number of benzene rings is 1. The molecule has 0 bridgehead atoms. The highest BCUT2D eigenvalue weighted by Crippen LogP contribution is 2.37. The number of amides is 2. The molecule has 1 aliphatic rings. The Balaban J connectivity index is 0.00000208. The lowest BCUT2D eigenvalue weighted by atomic mass is 9.85. The molecule has 0 saturated heterocycles. The van der Waals surface area contributed by atoms with E-state index in [-0.39, 0.29) is 24.2 Å². The first kappa shape index (κ1) is 17.9. The van der Waals surface area contributed by atoms with Crippen LogP contribution in [-0.2, 0) is 16.6 Å². The Hall–Kier alpha value is -2.40. The molecule has 126 valence electrons. The Kier molecular flexibility index (Phi) is 5.24. The molecule has 0 atom stereocenters. The Morgan fingerprint density at radius 3 is 2.62 bits per heavy atom. The van der Waals surface area contributed by atoms with E-state index < -0.39 is 5.41 Å². The average molecular weight is 346 g/mol. The molecule has 0 unspecified atom stereocenters. The molecule has 1 aliphatic heterocycles. The summed E-state index contributed by atoms with van der Waals surface area (Å²) in [7, 11) is 0. The van der Waals surface area contributed by atoms with Gasteiger partial charge in [0.05, 0.1) is 5.41 Å². The van der Waals surface area contributed by atoms with Crippen LogP contribution >= 0.6 is 12.4 Å². The number of hydrogen-bond donors (Lipinski definition) is 2. The third-order valence-corrected chi connectivity index (χ3v) is 4.21. The lowest BCUT2D eigenvalue weighted by Gasteiger charge is -2.16. The van der Waals surface area contributed by atoms with Gasteiger partial charge in [0.25, 0.3) is 5.91 Å². The lowest BCUT2D eigenvalue weighted by Crippen LogP contribution is -2.27. The summed E-state index contributed by atoms with van der Waals surface area (Å²) in [5.74, 6) is -0.0821. The molecule has 0 fully saturated rings. The summed E-state index contributed by atoms with van der Waals surface area (Å²) in [6, 6.07) is 9.34. The standard InChI is InChI=1S/C18H19N3O2.ClH/c1-18(2)14-11-12(3-4-15(14)21-17(18)23)5-10-20-16(22)13-6-8-19-9-7-13;/h3-4,6-9,11H,5,10H2,1-2H3,(H,20,22)(H,21,23);1H. The fourth-order valence-electron chi connectivity index (χ4n) is 2.70. The minimum Gasteiger partial charge on any atom is -0.352 e. The fraction of sp³-hybridized carbons (Fsp3) is 0.278. The Labute approximate surface area is 147 Å². The van der Waals surface area contributed by atoms with Crippen LogP contribution < -0.4 is 10.6 Å². The van der Waals surface area contributed by atoms with Crippen LogP contribution in [0.3, 0.4) is 0 Å². The first-order chi connectivity index (χ1) is 11.0. The van der Waals surface area contributed by atoms with E-state index in [9.17, 15) is 9.59 Å². The lowest BCUT2D eigenvalue weighted by molar-refractivity contribution is -0.119. The van der Waals surface area contributed by atoms with Gasteiger partial charge in [-0.15, -0.1) is 12.4 Å². The minimum atomic E-state index is -0.508. The van der Waals surface area contributed by atoms with E-state index >= 15 is 0 Å². The highest BCUT2D eigenvalue weighted by molar-refractivity contribution is 6.05. The summed E-state index contributed by atoms with van der Waals surface area (Å²) in [6.45, 7) is 4.38. The number of anilines is 1. The molecule has 3 rings (SSSR count). The van der Waals surface area contributed by atoms with Gasteiger partial charge in [-0.2, -0.15) is 0 Å². The van der Waals surface area contributed by atoms with E-state index in [1.54, 1.807) is 24.5 Å². The molecular formula is C18H20ClN3O2. The normalized spacial score (nSPS) is 14.3. The zero-order valence-electron chi connectivity index (χ0n) is 13.6. The number of nitrogens with zero attached hydrogens (tertiary/aromatic N) is 1. The van der Waals surface area contributed by atoms with Crippen LogP contribution in [0.5, 0.6) is 0 Å². The fourth-order valence-corrected chi connectivity index (χ4v) is 2.70. The summed E-state index contributed by atoms with van der Waals surface area (Å²) in [5, 5.41) is 5.79. The highest BCUT2D eigenvalue weighted by atomic mass is 35.5. The van der Waals surface area contributed by atoms with E-state index in [1.807, 2.05) is 32.0 Å². The molecular weight excluding hydrogens is 326 g/mol. The maximum Gasteiger partial charge on any atom is 0.251 e. The molecule has 0 spiro atoms. The highest BCUT2D eigenvalue weighted by Gasteiger charge is 2.38. The van der Waals surface area contributed by atoms with Gasteiger partial charge in [0.15, 0.2) is 0 Å². The monoisotopic (exact) mass is 345 g/mol. The van der Waals surface area contributed by atoms with Gasteiger partial charge in [0.1, 0.15) is 0 Å². The van der Waals surface area contributed by atoms with Crippen molar-refractivity contribution in [2.45, 2.75) is 25.7 Å². The molecule has 2 N–H and O–H groups in total. The molecule has 6 heteroatoms. The van der Waals surface area contributed by atoms with Crippen LogP contribution in [0.1, 0.15) is 35.3 Å². The van der Waals surface area contributed by atoms with Crippen molar-refractivity contribution >= 4 is 29.9 Å². The van der Waals surface area contributed by atoms with Crippen LogP contribution in [-0.4, -0.2) is 23.3 Å². The number of hydrogen-bond acceptors (Lipinski definition) is 3. The molecule has 0 aliphatic carbocycles. The van der Waals surface area contributed by atoms with Crippen molar-refractivity contribution in [2.24, 2.45) is 0 Å². The Bertz CT molecular complexity index is 760. The molecule has 1 aromatic heterocycles. The van der Waals surface area contributed by atoms with Crippen LogP contribution in [0.25, 0.3) is 0 Å². The topological polar surface area (TPSA) is 71.1 Å². The number of aromatic nitrogens is 1. The summed E-state index contributed by atoms with van der Waals surface area (Å²) in [4.78, 5) is 27.8. The van der Waals surface area contributed by atoms with Crippen molar-refractivity contribution in [3.8, 4) is 0 Å². The van der Waals surface area contributed by atoms with Gasteiger partial charge in [-0.05, 0) is 49.6 Å². The maximum atomic E-state index is 12.0. The molecule has 2 amide bonds. The minimum absolute atomic E-state index is 0. The third kappa shape index (κ3) is 3.41. The quantitative estimate of drug-likeness (QED) is 0.895. The molecule has 2 heterocycles. The SMILES string of the molecule is CC1(C)C(=O)Nc2ccc(CCNC(=O)c3ccncc3)cc21.Cl. The molecule has 0 radical (unpaired) electrons. The zero-order valence-corrected chi connectivity index (χ0v) is 14.4. The van der Waals surface area contributed by atoms with E-state index in [0.29, 0.717) is 18.5 Å². The third-order valence-electron chi connectivity index (χ3n) is 4.21. The van der Waals surface area contributed by atoms with Gasteiger partial charge >= 0.3 is 0 Å². The summed E-state index contributed by atoms with van der Waals surface area (Å²) in [6.07, 6.45) is 3.91. The van der Waals surface area contributed by atoms with Gasteiger partial charge in [-0.3, -0.25) is 14.6 Å². The van der Waals surface area contributed by atoms with Crippen molar-refractivity contribution in [3.63, 3.8) is 0 Å². The molecule has 2 aromatic rings. The predicted molar refractivity (Wildman–Crippen MR) is 95.6 cm³/mol. The second-order valence-electron chi connectivity index (χ2n) is 6.20. The smallest absolute Gasteiger partial charge is 0.251 e.